The predicted molar refractivity (Wildman–Crippen MR) is 63.4 cm³/mol. The molecular weight excluding hydrogens is 366 g/mol. The summed E-state index contributed by atoms with van der Waals surface area (Å²) < 4.78 is 7.37. The Hall–Kier alpha value is 0.480. The molecule has 0 aliphatic heterocycles. The molecule has 0 radical (unpaired) electrons. The van der Waals surface area contributed by atoms with Gasteiger partial charge in [-0.15, -0.1) is 0 Å². The number of alkyl halides is 1. The van der Waals surface area contributed by atoms with Gasteiger partial charge in [-0.25, -0.2) is 0 Å². The minimum Gasteiger partial charge on any atom is -0.496 e. The minimum atomic E-state index is 0.958. The van der Waals surface area contributed by atoms with Crippen molar-refractivity contribution in [1.29, 1.82) is 0 Å². The Morgan fingerprint density at radius 3 is 2.64 bits per heavy atom. The standard InChI is InChI=1S/C8H8I2O/c1-11-8-3-2-6(5-9)4-7(8)10/h2-4H,5H2,1H3. The van der Waals surface area contributed by atoms with Crippen molar-refractivity contribution in [3.63, 3.8) is 0 Å². The molecule has 0 saturated heterocycles. The molecule has 0 spiro atoms. The molecule has 0 fully saturated rings. The van der Waals surface area contributed by atoms with Crippen molar-refractivity contribution in [3.8, 4) is 5.75 Å². The van der Waals surface area contributed by atoms with Gasteiger partial charge in [-0.1, -0.05) is 28.7 Å². The van der Waals surface area contributed by atoms with Gasteiger partial charge in [0.1, 0.15) is 5.75 Å². The fourth-order valence-electron chi connectivity index (χ4n) is 0.793. The number of methoxy groups -OCH3 is 1. The van der Waals surface area contributed by atoms with Crippen LogP contribution in [0.25, 0.3) is 0 Å². The van der Waals surface area contributed by atoms with Crippen LogP contribution in [0, 0.1) is 3.57 Å². The van der Waals surface area contributed by atoms with Gasteiger partial charge in [-0.05, 0) is 40.3 Å². The quantitative estimate of drug-likeness (QED) is 0.571. The number of rotatable bonds is 2. The Morgan fingerprint density at radius 2 is 2.18 bits per heavy atom. The summed E-state index contributed by atoms with van der Waals surface area (Å²) in [5, 5.41) is 0. The molecule has 1 rings (SSSR count). The molecule has 0 saturated carbocycles. The van der Waals surface area contributed by atoms with E-state index >= 15 is 0 Å². The largest absolute Gasteiger partial charge is 0.496 e. The second-order valence-electron chi connectivity index (χ2n) is 2.10. The Bertz CT molecular complexity index is 248. The van der Waals surface area contributed by atoms with Crippen LogP contribution in [0.3, 0.4) is 0 Å². The first-order chi connectivity index (χ1) is 5.27. The number of halogens is 2. The molecule has 60 valence electrons. The molecule has 0 atom stereocenters. The molecule has 0 N–H and O–H groups in total. The van der Waals surface area contributed by atoms with Crippen molar-refractivity contribution < 1.29 is 4.74 Å². The fraction of sp³-hybridized carbons (Fsp3) is 0.250. The third-order valence-corrected chi connectivity index (χ3v) is 3.09. The summed E-state index contributed by atoms with van der Waals surface area (Å²) in [6, 6.07) is 6.25. The van der Waals surface area contributed by atoms with E-state index in [1.807, 2.05) is 6.07 Å². The van der Waals surface area contributed by atoms with Crippen LogP contribution >= 0.6 is 45.2 Å². The van der Waals surface area contributed by atoms with Crippen LogP contribution < -0.4 is 4.74 Å². The maximum Gasteiger partial charge on any atom is 0.132 e. The summed E-state index contributed by atoms with van der Waals surface area (Å²) in [6.45, 7) is 0. The van der Waals surface area contributed by atoms with E-state index in [1.165, 1.54) is 9.13 Å². The van der Waals surface area contributed by atoms with Gasteiger partial charge in [0.05, 0.1) is 10.7 Å². The van der Waals surface area contributed by atoms with Gasteiger partial charge in [-0.2, -0.15) is 0 Å². The van der Waals surface area contributed by atoms with Crippen molar-refractivity contribution in [1.82, 2.24) is 0 Å². The van der Waals surface area contributed by atoms with Crippen molar-refractivity contribution in [3.05, 3.63) is 27.3 Å². The van der Waals surface area contributed by atoms with Gasteiger partial charge in [0, 0.05) is 4.43 Å². The highest BCUT2D eigenvalue weighted by atomic mass is 127. The Morgan fingerprint density at radius 1 is 1.45 bits per heavy atom. The molecule has 3 heteroatoms. The molecule has 11 heavy (non-hydrogen) atoms. The third-order valence-electron chi connectivity index (χ3n) is 1.37. The van der Waals surface area contributed by atoms with E-state index in [-0.39, 0.29) is 0 Å². The SMILES string of the molecule is COc1ccc(CI)cc1I. The second-order valence-corrected chi connectivity index (χ2v) is 4.03. The van der Waals surface area contributed by atoms with E-state index in [2.05, 4.69) is 57.3 Å². The average Bonchev–Trinajstić information content (AvgIpc) is 2.04. The second kappa shape index (κ2) is 4.49. The van der Waals surface area contributed by atoms with Crippen LogP contribution in [0.2, 0.25) is 0 Å². The zero-order valence-electron chi connectivity index (χ0n) is 6.10. The summed E-state index contributed by atoms with van der Waals surface area (Å²) in [4.78, 5) is 0. The van der Waals surface area contributed by atoms with Crippen molar-refractivity contribution in [2.75, 3.05) is 7.11 Å². The van der Waals surface area contributed by atoms with Crippen LogP contribution in [-0.2, 0) is 4.43 Å². The van der Waals surface area contributed by atoms with Crippen molar-refractivity contribution in [2.45, 2.75) is 4.43 Å². The van der Waals surface area contributed by atoms with E-state index in [4.69, 9.17) is 4.74 Å². The first-order valence-electron chi connectivity index (χ1n) is 3.16. The maximum atomic E-state index is 5.13. The Kier molecular flexibility index (Phi) is 3.91. The molecule has 0 heterocycles. The molecule has 1 aromatic rings. The minimum absolute atomic E-state index is 0.958. The zero-order valence-corrected chi connectivity index (χ0v) is 10.4. The van der Waals surface area contributed by atoms with E-state index in [0.717, 1.165) is 10.2 Å². The van der Waals surface area contributed by atoms with Crippen LogP contribution in [0.5, 0.6) is 5.75 Å². The smallest absolute Gasteiger partial charge is 0.132 e. The predicted octanol–water partition coefficient (Wildman–Crippen LogP) is 3.23. The molecule has 0 aliphatic carbocycles. The topological polar surface area (TPSA) is 9.23 Å². The molecule has 0 amide bonds. The lowest BCUT2D eigenvalue weighted by Crippen LogP contribution is -1.87. The monoisotopic (exact) mass is 374 g/mol. The molecule has 0 aliphatic rings. The van der Waals surface area contributed by atoms with Gasteiger partial charge in [0.15, 0.2) is 0 Å². The maximum absolute atomic E-state index is 5.13. The summed E-state index contributed by atoms with van der Waals surface area (Å²) in [5.41, 5.74) is 1.34. The number of ether oxygens (including phenoxy) is 1. The average molecular weight is 374 g/mol. The normalized spacial score (nSPS) is 9.73. The van der Waals surface area contributed by atoms with Crippen molar-refractivity contribution in [2.24, 2.45) is 0 Å². The first kappa shape index (κ1) is 9.57. The van der Waals surface area contributed by atoms with Crippen LogP contribution in [-0.4, -0.2) is 7.11 Å². The van der Waals surface area contributed by atoms with E-state index in [9.17, 15) is 0 Å². The van der Waals surface area contributed by atoms with E-state index in [1.54, 1.807) is 7.11 Å². The molecule has 1 aromatic carbocycles. The lowest BCUT2D eigenvalue weighted by Gasteiger charge is -2.03. The highest BCUT2D eigenvalue weighted by Gasteiger charge is 1.98. The molecule has 0 bridgehead atoms. The number of benzene rings is 1. The summed E-state index contributed by atoms with van der Waals surface area (Å²) in [5.74, 6) is 0.958. The van der Waals surface area contributed by atoms with Crippen LogP contribution in [0.4, 0.5) is 0 Å². The summed E-state index contributed by atoms with van der Waals surface area (Å²) in [7, 11) is 1.70. The van der Waals surface area contributed by atoms with Crippen molar-refractivity contribution >= 4 is 45.2 Å². The highest BCUT2D eigenvalue weighted by Crippen LogP contribution is 2.22. The lowest BCUT2D eigenvalue weighted by molar-refractivity contribution is 0.411. The van der Waals surface area contributed by atoms with Gasteiger partial charge in [-0.3, -0.25) is 0 Å². The molecule has 1 nitrogen and oxygen atoms in total. The first-order valence-corrected chi connectivity index (χ1v) is 5.76. The molecule has 0 unspecified atom stereocenters. The lowest BCUT2D eigenvalue weighted by atomic mass is 10.2. The highest BCUT2D eigenvalue weighted by molar-refractivity contribution is 14.1. The third kappa shape index (κ3) is 2.47. The van der Waals surface area contributed by atoms with Gasteiger partial charge in [0.2, 0.25) is 0 Å². The fourth-order valence-corrected chi connectivity index (χ4v) is 2.07. The number of hydrogen-bond donors (Lipinski definition) is 0. The van der Waals surface area contributed by atoms with Gasteiger partial charge >= 0.3 is 0 Å². The van der Waals surface area contributed by atoms with Gasteiger partial charge in [0.25, 0.3) is 0 Å². The molecule has 0 aromatic heterocycles. The molecular formula is C8H8I2O. The van der Waals surface area contributed by atoms with Gasteiger partial charge < -0.3 is 4.74 Å². The zero-order chi connectivity index (χ0) is 8.27. The van der Waals surface area contributed by atoms with Crippen LogP contribution in [0.1, 0.15) is 5.56 Å². The summed E-state index contributed by atoms with van der Waals surface area (Å²) in [6.07, 6.45) is 0. The van der Waals surface area contributed by atoms with E-state index in [0.29, 0.717) is 0 Å². The Labute approximate surface area is 93.8 Å². The number of hydrogen-bond acceptors (Lipinski definition) is 1. The summed E-state index contributed by atoms with van der Waals surface area (Å²) >= 11 is 4.63. The van der Waals surface area contributed by atoms with E-state index < -0.39 is 0 Å². The Balaban J connectivity index is 2.99. The van der Waals surface area contributed by atoms with Crippen LogP contribution in [0.15, 0.2) is 18.2 Å².